The molecule has 0 aliphatic rings. The minimum absolute atomic E-state index is 0. The SMILES string of the molecule is [CH2-]S(=O)(=O)[O-].[Y]. The molecule has 0 N–H and O–H groups in total. The Bertz CT molecular complexity index is 94.0. The maximum Gasteiger partial charge on any atom is 0 e. The van der Waals surface area contributed by atoms with E-state index in [0.29, 0.717) is 0 Å². The molecule has 1 radical (unpaired) electrons. The molecular weight excluding hydrogens is 181 g/mol. The Balaban J connectivity index is 0. The number of hydrogen-bond acceptors (Lipinski definition) is 3. The molecule has 0 aromatic rings. The minimum Gasteiger partial charge on any atom is -0.774 e. The standard InChI is InChI=1S/CH3O3S.Y/c1-5(2,3)4;/h1H2,(H,2,3,4);/q-1;/p-1. The Kier molecular flexibility index (Phi) is 5.17. The van der Waals surface area contributed by atoms with Crippen LogP contribution in [0.4, 0.5) is 0 Å². The van der Waals surface area contributed by atoms with E-state index in [1.54, 1.807) is 0 Å². The van der Waals surface area contributed by atoms with Crippen molar-refractivity contribution in [2.24, 2.45) is 0 Å². The summed E-state index contributed by atoms with van der Waals surface area (Å²) in [5.41, 5.74) is 0. The molecule has 0 rings (SSSR count). The molecule has 6 heavy (non-hydrogen) atoms. The van der Waals surface area contributed by atoms with E-state index >= 15 is 0 Å². The molecular formula is CH2O3SY-2. The zero-order valence-electron chi connectivity index (χ0n) is 2.92. The Morgan fingerprint density at radius 1 is 1.50 bits per heavy atom. The fourth-order valence-corrected chi connectivity index (χ4v) is 0. The quantitative estimate of drug-likeness (QED) is 0.369. The predicted molar refractivity (Wildman–Crippen MR) is 15.1 cm³/mol. The third kappa shape index (κ3) is 78.6. The van der Waals surface area contributed by atoms with Crippen molar-refractivity contribution in [1.29, 1.82) is 0 Å². The van der Waals surface area contributed by atoms with Gasteiger partial charge in [-0.25, -0.2) is 6.26 Å². The fourth-order valence-electron chi connectivity index (χ4n) is 0. The fraction of sp³-hybridized carbons (Fsp3) is 0. The van der Waals surface area contributed by atoms with Crippen LogP contribution in [-0.2, 0) is 42.8 Å². The Morgan fingerprint density at radius 2 is 1.50 bits per heavy atom. The second kappa shape index (κ2) is 3.07. The summed E-state index contributed by atoms with van der Waals surface area (Å²) in [4.78, 5) is 0. The Labute approximate surface area is 61.8 Å². The first-order chi connectivity index (χ1) is 2.00. The molecule has 0 bridgehead atoms. The predicted octanol–water partition coefficient (Wildman–Crippen LogP) is -0.679. The summed E-state index contributed by atoms with van der Waals surface area (Å²) in [6.45, 7) is 0. The van der Waals surface area contributed by atoms with Crippen molar-refractivity contribution in [2.75, 3.05) is 0 Å². The molecule has 0 atom stereocenters. The van der Waals surface area contributed by atoms with Gasteiger partial charge < -0.3 is 4.55 Å². The van der Waals surface area contributed by atoms with Crippen molar-refractivity contribution in [1.82, 2.24) is 0 Å². The van der Waals surface area contributed by atoms with Gasteiger partial charge in [0.25, 0.3) is 0 Å². The summed E-state index contributed by atoms with van der Waals surface area (Å²) < 4.78 is 26.9. The van der Waals surface area contributed by atoms with Gasteiger partial charge in [0, 0.05) is 32.7 Å². The third-order valence-electron chi connectivity index (χ3n) is 0. The molecule has 0 saturated heterocycles. The van der Waals surface area contributed by atoms with Crippen molar-refractivity contribution in [3.05, 3.63) is 6.26 Å². The first kappa shape index (κ1) is 10.1. The number of rotatable bonds is 0. The Hall–Kier alpha value is 1.01. The van der Waals surface area contributed by atoms with Crippen LogP contribution in [0.3, 0.4) is 0 Å². The molecule has 0 aliphatic heterocycles. The normalized spacial score (nSPS) is 9.67. The van der Waals surface area contributed by atoms with Gasteiger partial charge in [0.2, 0.25) is 0 Å². The van der Waals surface area contributed by atoms with E-state index in [1.165, 1.54) is 0 Å². The molecule has 0 amide bonds. The van der Waals surface area contributed by atoms with Crippen LogP contribution in [0.1, 0.15) is 0 Å². The van der Waals surface area contributed by atoms with Gasteiger partial charge in [0.15, 0.2) is 0 Å². The van der Waals surface area contributed by atoms with Gasteiger partial charge in [0.1, 0.15) is 0 Å². The molecule has 0 saturated carbocycles. The van der Waals surface area contributed by atoms with Crippen LogP contribution in [0.15, 0.2) is 0 Å². The molecule has 0 aliphatic carbocycles. The maximum absolute atomic E-state index is 8.97. The van der Waals surface area contributed by atoms with Crippen molar-refractivity contribution < 1.29 is 45.7 Å². The molecule has 5 heteroatoms. The average molecular weight is 183 g/mol. The van der Waals surface area contributed by atoms with E-state index in [4.69, 9.17) is 13.0 Å². The molecule has 0 aromatic heterocycles. The molecule has 35 valence electrons. The summed E-state index contributed by atoms with van der Waals surface area (Å²) in [6, 6.07) is 0. The van der Waals surface area contributed by atoms with Crippen LogP contribution in [0.2, 0.25) is 0 Å². The molecule has 3 nitrogen and oxygen atoms in total. The van der Waals surface area contributed by atoms with Crippen LogP contribution in [0.25, 0.3) is 0 Å². The van der Waals surface area contributed by atoms with Crippen LogP contribution in [-0.4, -0.2) is 13.0 Å². The summed E-state index contributed by atoms with van der Waals surface area (Å²) in [6.07, 6.45) is 2.19. The average Bonchev–Trinajstić information content (AvgIpc) is 0.722. The van der Waals surface area contributed by atoms with Gasteiger partial charge in [-0.1, -0.05) is 0 Å². The van der Waals surface area contributed by atoms with Gasteiger partial charge in [-0.05, 0) is 10.1 Å². The molecule has 0 spiro atoms. The first-order valence-corrected chi connectivity index (χ1v) is 2.37. The van der Waals surface area contributed by atoms with Crippen LogP contribution in [0.5, 0.6) is 0 Å². The van der Waals surface area contributed by atoms with E-state index in [-0.39, 0.29) is 32.7 Å². The van der Waals surface area contributed by atoms with E-state index < -0.39 is 10.1 Å². The van der Waals surface area contributed by atoms with Crippen LogP contribution < -0.4 is 0 Å². The first-order valence-electron chi connectivity index (χ1n) is 0.789. The molecule has 0 unspecified atom stereocenters. The van der Waals surface area contributed by atoms with E-state index in [9.17, 15) is 0 Å². The number of hydrogen-bond donors (Lipinski definition) is 0. The van der Waals surface area contributed by atoms with Crippen molar-refractivity contribution >= 4 is 10.1 Å². The zero-order valence-corrected chi connectivity index (χ0v) is 6.57. The summed E-state index contributed by atoms with van der Waals surface area (Å²) in [5, 5.41) is 0. The van der Waals surface area contributed by atoms with Gasteiger partial charge in [-0.3, -0.25) is 8.42 Å². The third-order valence-corrected chi connectivity index (χ3v) is 0. The van der Waals surface area contributed by atoms with Gasteiger partial charge >= 0.3 is 0 Å². The largest absolute Gasteiger partial charge is 0.774 e. The van der Waals surface area contributed by atoms with Crippen molar-refractivity contribution in [3.8, 4) is 0 Å². The van der Waals surface area contributed by atoms with E-state index in [1.807, 2.05) is 0 Å². The Morgan fingerprint density at radius 3 is 1.50 bits per heavy atom. The molecule has 0 fully saturated rings. The van der Waals surface area contributed by atoms with E-state index in [0.717, 1.165) is 0 Å². The summed E-state index contributed by atoms with van der Waals surface area (Å²) in [5.74, 6) is 0. The smallest absolute Gasteiger partial charge is 0 e. The van der Waals surface area contributed by atoms with Gasteiger partial charge in [0.05, 0.1) is 0 Å². The van der Waals surface area contributed by atoms with Crippen LogP contribution in [0, 0.1) is 6.26 Å². The van der Waals surface area contributed by atoms with Crippen molar-refractivity contribution in [3.63, 3.8) is 0 Å². The van der Waals surface area contributed by atoms with Crippen molar-refractivity contribution in [2.45, 2.75) is 0 Å². The molecule has 0 heterocycles. The zero-order chi connectivity index (χ0) is 4.50. The monoisotopic (exact) mass is 183 g/mol. The molecule has 0 aromatic carbocycles. The topological polar surface area (TPSA) is 57.2 Å². The summed E-state index contributed by atoms with van der Waals surface area (Å²) in [7, 11) is -4.17. The van der Waals surface area contributed by atoms with Gasteiger partial charge in [-0.2, -0.15) is 0 Å². The second-order valence-corrected chi connectivity index (χ2v) is 1.67. The maximum atomic E-state index is 8.97. The second-order valence-electron chi connectivity index (χ2n) is 0.558. The minimum atomic E-state index is -4.17. The van der Waals surface area contributed by atoms with E-state index in [2.05, 4.69) is 6.26 Å². The van der Waals surface area contributed by atoms with Gasteiger partial charge in [-0.15, -0.1) is 0 Å². The van der Waals surface area contributed by atoms with Crippen LogP contribution >= 0.6 is 0 Å². The summed E-state index contributed by atoms with van der Waals surface area (Å²) >= 11 is 0.